The number of nitrogens with zero attached hydrogens (tertiary/aromatic N) is 4. The monoisotopic (exact) mass is 239 g/mol. The molecule has 90 valence electrons. The molecule has 0 fully saturated rings. The zero-order valence-corrected chi connectivity index (χ0v) is 10.3. The van der Waals surface area contributed by atoms with Gasteiger partial charge in [-0.05, 0) is 17.7 Å². The maximum atomic E-state index is 8.76. The number of aliphatic imine (C=N–C) groups is 1. The lowest BCUT2D eigenvalue weighted by Crippen LogP contribution is -2.08. The van der Waals surface area contributed by atoms with E-state index in [0.29, 0.717) is 0 Å². The maximum Gasteiger partial charge on any atom is 0.174 e. The van der Waals surface area contributed by atoms with Crippen molar-refractivity contribution in [2.24, 2.45) is 10.7 Å². The summed E-state index contributed by atoms with van der Waals surface area (Å²) in [5, 5.41) is 17.3. The second-order valence-electron chi connectivity index (χ2n) is 3.73. The van der Waals surface area contributed by atoms with Gasteiger partial charge in [-0.2, -0.15) is 10.5 Å². The Hall–Kier alpha value is -2.79. The van der Waals surface area contributed by atoms with Crippen LogP contribution >= 0.6 is 0 Å². The highest BCUT2D eigenvalue weighted by atomic mass is 15.1. The van der Waals surface area contributed by atoms with Gasteiger partial charge in [0, 0.05) is 26.0 Å². The third kappa shape index (κ3) is 3.36. The van der Waals surface area contributed by atoms with E-state index < -0.39 is 0 Å². The summed E-state index contributed by atoms with van der Waals surface area (Å²) in [5.41, 5.74) is 6.98. The van der Waals surface area contributed by atoms with Gasteiger partial charge in [0.25, 0.3) is 0 Å². The second-order valence-corrected chi connectivity index (χ2v) is 3.73. The first-order valence-corrected chi connectivity index (χ1v) is 5.20. The molecule has 0 saturated heterocycles. The van der Waals surface area contributed by atoms with Crippen LogP contribution in [0.1, 0.15) is 5.56 Å². The van der Waals surface area contributed by atoms with Crippen molar-refractivity contribution >= 4 is 11.9 Å². The molecule has 0 aromatic heterocycles. The molecule has 0 radical (unpaired) electrons. The Bertz CT molecular complexity index is 553. The van der Waals surface area contributed by atoms with Crippen molar-refractivity contribution in [1.82, 2.24) is 0 Å². The van der Waals surface area contributed by atoms with Crippen molar-refractivity contribution in [2.75, 3.05) is 19.0 Å². The van der Waals surface area contributed by atoms with Gasteiger partial charge in [0.05, 0.1) is 0 Å². The molecule has 0 aliphatic heterocycles. The van der Waals surface area contributed by atoms with E-state index in [4.69, 9.17) is 16.3 Å². The van der Waals surface area contributed by atoms with E-state index in [1.54, 1.807) is 12.1 Å². The van der Waals surface area contributed by atoms with Gasteiger partial charge in [-0.15, -0.1) is 0 Å². The van der Waals surface area contributed by atoms with E-state index in [0.717, 1.165) is 11.3 Å². The van der Waals surface area contributed by atoms with Crippen LogP contribution in [-0.2, 0) is 0 Å². The molecule has 18 heavy (non-hydrogen) atoms. The summed E-state index contributed by atoms with van der Waals surface area (Å²) in [6.45, 7) is 0. The molecule has 0 heterocycles. The quantitative estimate of drug-likeness (QED) is 0.637. The highest BCUT2D eigenvalue weighted by Gasteiger charge is 1.99. The summed E-state index contributed by atoms with van der Waals surface area (Å²) in [5.74, 6) is 0. The van der Waals surface area contributed by atoms with Crippen LogP contribution < -0.4 is 10.6 Å². The fourth-order valence-corrected chi connectivity index (χ4v) is 1.21. The third-order valence-electron chi connectivity index (χ3n) is 2.23. The number of hydrogen-bond donors (Lipinski definition) is 1. The Balaban J connectivity index is 2.93. The van der Waals surface area contributed by atoms with E-state index in [2.05, 4.69) is 4.99 Å². The van der Waals surface area contributed by atoms with Gasteiger partial charge in [0.2, 0.25) is 0 Å². The first-order chi connectivity index (χ1) is 8.58. The highest BCUT2D eigenvalue weighted by molar-refractivity contribution is 5.81. The molecule has 5 nitrogen and oxygen atoms in total. The summed E-state index contributed by atoms with van der Waals surface area (Å²) in [6.07, 6.45) is 1.50. The fraction of sp³-hybridized carbons (Fsp3) is 0.154. The van der Waals surface area contributed by atoms with Gasteiger partial charge in [0.15, 0.2) is 5.70 Å². The number of benzene rings is 1. The third-order valence-corrected chi connectivity index (χ3v) is 2.23. The molecule has 0 amide bonds. The SMILES string of the molecule is CN(C)c1ccc(C=NC(C#N)=C(N)C#N)cc1. The Morgan fingerprint density at radius 3 is 2.28 bits per heavy atom. The number of rotatable bonds is 3. The van der Waals surface area contributed by atoms with E-state index in [-0.39, 0.29) is 11.4 Å². The van der Waals surface area contributed by atoms with Crippen molar-refractivity contribution in [1.29, 1.82) is 10.5 Å². The molecule has 0 saturated carbocycles. The van der Waals surface area contributed by atoms with E-state index in [1.165, 1.54) is 6.21 Å². The van der Waals surface area contributed by atoms with E-state index in [1.807, 2.05) is 43.3 Å². The standard InChI is InChI=1S/C13H13N5/c1-18(2)11-5-3-10(4-6-11)9-17-13(8-15)12(16)7-14/h3-6,9H,16H2,1-2H3. The summed E-state index contributed by atoms with van der Waals surface area (Å²) in [6, 6.07) is 11.1. The minimum absolute atomic E-state index is 0.0748. The van der Waals surface area contributed by atoms with Crippen molar-refractivity contribution in [3.8, 4) is 12.1 Å². The molecule has 2 N–H and O–H groups in total. The van der Waals surface area contributed by atoms with Gasteiger partial charge in [-0.1, -0.05) is 12.1 Å². The molecular weight excluding hydrogens is 226 g/mol. The molecule has 0 bridgehead atoms. The van der Waals surface area contributed by atoms with Crippen molar-refractivity contribution in [3.05, 3.63) is 41.2 Å². The minimum atomic E-state index is -0.182. The Labute approximate surface area is 106 Å². The zero-order chi connectivity index (χ0) is 13.5. The summed E-state index contributed by atoms with van der Waals surface area (Å²) in [7, 11) is 3.90. The Morgan fingerprint density at radius 2 is 1.83 bits per heavy atom. The van der Waals surface area contributed by atoms with Crippen LogP contribution in [0, 0.1) is 22.7 Å². The smallest absolute Gasteiger partial charge is 0.174 e. The average molecular weight is 239 g/mol. The molecule has 0 atom stereocenters. The van der Waals surface area contributed by atoms with Crippen LogP contribution in [0.25, 0.3) is 0 Å². The van der Waals surface area contributed by atoms with Gasteiger partial charge < -0.3 is 10.6 Å². The second kappa shape index (κ2) is 6.07. The Kier molecular flexibility index (Phi) is 4.48. The summed E-state index contributed by atoms with van der Waals surface area (Å²) < 4.78 is 0. The fourth-order valence-electron chi connectivity index (χ4n) is 1.21. The number of nitriles is 2. The van der Waals surface area contributed by atoms with Crippen molar-refractivity contribution in [3.63, 3.8) is 0 Å². The lowest BCUT2D eigenvalue weighted by molar-refractivity contribution is 1.13. The van der Waals surface area contributed by atoms with Crippen LogP contribution in [0.5, 0.6) is 0 Å². The molecular formula is C13H13N5. The van der Waals surface area contributed by atoms with Gasteiger partial charge in [-0.3, -0.25) is 0 Å². The Morgan fingerprint density at radius 1 is 1.22 bits per heavy atom. The van der Waals surface area contributed by atoms with Crippen LogP contribution in [0.2, 0.25) is 0 Å². The highest BCUT2D eigenvalue weighted by Crippen LogP contribution is 2.11. The zero-order valence-electron chi connectivity index (χ0n) is 10.3. The molecule has 5 heteroatoms. The lowest BCUT2D eigenvalue weighted by Gasteiger charge is -2.11. The summed E-state index contributed by atoms with van der Waals surface area (Å²) in [4.78, 5) is 5.87. The van der Waals surface area contributed by atoms with Crippen LogP contribution in [-0.4, -0.2) is 20.3 Å². The minimum Gasteiger partial charge on any atom is -0.388 e. The maximum absolute atomic E-state index is 8.76. The topological polar surface area (TPSA) is 89.2 Å². The first kappa shape index (κ1) is 13.3. The van der Waals surface area contributed by atoms with Gasteiger partial charge in [0.1, 0.15) is 17.8 Å². The van der Waals surface area contributed by atoms with E-state index >= 15 is 0 Å². The number of allylic oxidation sites excluding steroid dienone is 2. The first-order valence-electron chi connectivity index (χ1n) is 5.20. The van der Waals surface area contributed by atoms with Gasteiger partial charge in [-0.25, -0.2) is 4.99 Å². The largest absolute Gasteiger partial charge is 0.388 e. The van der Waals surface area contributed by atoms with Crippen LogP contribution in [0.3, 0.4) is 0 Å². The predicted molar refractivity (Wildman–Crippen MR) is 70.8 cm³/mol. The number of nitrogens with two attached hydrogens (primary N) is 1. The lowest BCUT2D eigenvalue weighted by atomic mass is 10.2. The van der Waals surface area contributed by atoms with Crippen LogP contribution in [0.15, 0.2) is 40.7 Å². The average Bonchev–Trinajstić information content (AvgIpc) is 2.39. The van der Waals surface area contributed by atoms with Crippen molar-refractivity contribution < 1.29 is 0 Å². The van der Waals surface area contributed by atoms with Gasteiger partial charge >= 0.3 is 0 Å². The molecule has 1 aromatic rings. The molecule has 0 aliphatic rings. The molecule has 1 aromatic carbocycles. The van der Waals surface area contributed by atoms with Crippen LogP contribution in [0.4, 0.5) is 5.69 Å². The normalized spacial score (nSPS) is 11.6. The molecule has 0 spiro atoms. The number of anilines is 1. The number of hydrogen-bond acceptors (Lipinski definition) is 5. The molecule has 1 rings (SSSR count). The molecule has 0 aliphatic carbocycles. The summed E-state index contributed by atoms with van der Waals surface area (Å²) >= 11 is 0. The van der Waals surface area contributed by atoms with Crippen molar-refractivity contribution in [2.45, 2.75) is 0 Å². The van der Waals surface area contributed by atoms with E-state index in [9.17, 15) is 0 Å². The predicted octanol–water partition coefficient (Wildman–Crippen LogP) is 1.39. The molecule has 0 unspecified atom stereocenters.